The molecule has 1 heterocycles. The lowest BCUT2D eigenvalue weighted by molar-refractivity contribution is 0.319. The highest BCUT2D eigenvalue weighted by molar-refractivity contribution is 7.89. The zero-order valence-electron chi connectivity index (χ0n) is 12.6. The molecule has 0 spiro atoms. The fraction of sp³-hybridized carbons (Fsp3) is 0.769. The van der Waals surface area contributed by atoms with Gasteiger partial charge in [0.05, 0.1) is 6.20 Å². The van der Waals surface area contributed by atoms with Crippen molar-refractivity contribution in [1.82, 2.24) is 14.1 Å². The Morgan fingerprint density at radius 2 is 2.00 bits per heavy atom. The first-order valence-electron chi connectivity index (χ1n) is 6.89. The van der Waals surface area contributed by atoms with Crippen LogP contribution in [-0.2, 0) is 16.6 Å². The second kappa shape index (κ2) is 7.43. The third-order valence-corrected chi connectivity index (χ3v) is 5.12. The standard InChI is InChI=1S/C13H24ClN3O2S/c1-11(2)9-17(12(3)4)20(18,19)13-8-15-16(10-13)7-5-6-14/h8,10-12H,5-7,9H2,1-4H3. The second-order valence-electron chi connectivity index (χ2n) is 5.54. The molecular formula is C13H24ClN3O2S. The molecule has 116 valence electrons. The number of halogens is 1. The SMILES string of the molecule is CC(C)CN(C(C)C)S(=O)(=O)c1cnn(CCCCl)c1. The molecule has 0 aliphatic rings. The summed E-state index contributed by atoms with van der Waals surface area (Å²) in [4.78, 5) is 0.251. The van der Waals surface area contributed by atoms with E-state index in [9.17, 15) is 8.42 Å². The largest absolute Gasteiger partial charge is 0.271 e. The van der Waals surface area contributed by atoms with Crippen LogP contribution in [-0.4, -0.2) is 41.0 Å². The summed E-state index contributed by atoms with van der Waals surface area (Å²) in [5, 5.41) is 4.09. The molecule has 0 saturated heterocycles. The van der Waals surface area contributed by atoms with E-state index in [-0.39, 0.29) is 16.9 Å². The molecule has 0 unspecified atom stereocenters. The van der Waals surface area contributed by atoms with Crippen LogP contribution in [0.15, 0.2) is 17.3 Å². The Morgan fingerprint density at radius 3 is 2.50 bits per heavy atom. The van der Waals surface area contributed by atoms with Crippen molar-refractivity contribution in [2.24, 2.45) is 5.92 Å². The van der Waals surface area contributed by atoms with E-state index in [0.717, 1.165) is 6.42 Å². The lowest BCUT2D eigenvalue weighted by Crippen LogP contribution is -2.39. The van der Waals surface area contributed by atoms with E-state index >= 15 is 0 Å². The third-order valence-electron chi connectivity index (χ3n) is 2.86. The zero-order valence-corrected chi connectivity index (χ0v) is 14.2. The molecule has 0 atom stereocenters. The lowest BCUT2D eigenvalue weighted by atomic mass is 10.2. The van der Waals surface area contributed by atoms with Crippen LogP contribution in [0, 0.1) is 5.92 Å². The molecule has 0 aliphatic heterocycles. The molecule has 0 bridgehead atoms. The van der Waals surface area contributed by atoms with Crippen molar-refractivity contribution >= 4 is 21.6 Å². The zero-order chi connectivity index (χ0) is 15.3. The molecule has 0 aliphatic carbocycles. The fourth-order valence-corrected chi connectivity index (χ4v) is 3.78. The number of rotatable bonds is 8. The van der Waals surface area contributed by atoms with Gasteiger partial charge in [0.15, 0.2) is 0 Å². The summed E-state index contributed by atoms with van der Waals surface area (Å²) >= 11 is 5.63. The quantitative estimate of drug-likeness (QED) is 0.691. The van der Waals surface area contributed by atoms with E-state index < -0.39 is 10.0 Å². The third kappa shape index (κ3) is 4.46. The number of alkyl halides is 1. The molecule has 0 N–H and O–H groups in total. The van der Waals surface area contributed by atoms with Crippen molar-refractivity contribution in [3.63, 3.8) is 0 Å². The number of hydrogen-bond acceptors (Lipinski definition) is 3. The van der Waals surface area contributed by atoms with Crippen LogP contribution in [0.3, 0.4) is 0 Å². The van der Waals surface area contributed by atoms with Gasteiger partial charge < -0.3 is 0 Å². The highest BCUT2D eigenvalue weighted by Crippen LogP contribution is 2.19. The highest BCUT2D eigenvalue weighted by Gasteiger charge is 2.28. The first-order valence-corrected chi connectivity index (χ1v) is 8.86. The van der Waals surface area contributed by atoms with Crippen molar-refractivity contribution < 1.29 is 8.42 Å². The summed E-state index contributed by atoms with van der Waals surface area (Å²) in [6.45, 7) is 8.93. The predicted octanol–water partition coefficient (Wildman–Crippen LogP) is 2.57. The molecule has 0 fully saturated rings. The number of hydrogen-bond donors (Lipinski definition) is 0. The number of sulfonamides is 1. The maximum absolute atomic E-state index is 12.6. The van der Waals surface area contributed by atoms with Gasteiger partial charge in [0.1, 0.15) is 4.90 Å². The molecule has 5 nitrogen and oxygen atoms in total. The van der Waals surface area contributed by atoms with Crippen LogP contribution in [0.2, 0.25) is 0 Å². The summed E-state index contributed by atoms with van der Waals surface area (Å²) in [5.41, 5.74) is 0. The highest BCUT2D eigenvalue weighted by atomic mass is 35.5. The van der Waals surface area contributed by atoms with Gasteiger partial charge in [0.25, 0.3) is 0 Å². The summed E-state index contributed by atoms with van der Waals surface area (Å²) < 4.78 is 28.4. The van der Waals surface area contributed by atoms with Crippen LogP contribution in [0.25, 0.3) is 0 Å². The maximum atomic E-state index is 12.6. The maximum Gasteiger partial charge on any atom is 0.246 e. The van der Waals surface area contributed by atoms with E-state index in [1.807, 2.05) is 27.7 Å². The summed E-state index contributed by atoms with van der Waals surface area (Å²) in [5.74, 6) is 0.811. The van der Waals surface area contributed by atoms with Gasteiger partial charge in [0.2, 0.25) is 10.0 Å². The van der Waals surface area contributed by atoms with Crippen LogP contribution < -0.4 is 0 Å². The minimum Gasteiger partial charge on any atom is -0.271 e. The van der Waals surface area contributed by atoms with Crippen molar-refractivity contribution in [3.05, 3.63) is 12.4 Å². The molecule has 0 radical (unpaired) electrons. The Balaban J connectivity index is 2.98. The van der Waals surface area contributed by atoms with Crippen LogP contribution in [0.1, 0.15) is 34.1 Å². The molecule has 0 saturated carbocycles. The molecule has 20 heavy (non-hydrogen) atoms. The average molecular weight is 322 g/mol. The van der Waals surface area contributed by atoms with Crippen LogP contribution in [0.4, 0.5) is 0 Å². The van der Waals surface area contributed by atoms with Crippen molar-refractivity contribution in [2.75, 3.05) is 12.4 Å². The molecule has 0 aromatic carbocycles. The van der Waals surface area contributed by atoms with Gasteiger partial charge in [-0.15, -0.1) is 11.6 Å². The molecular weight excluding hydrogens is 298 g/mol. The summed E-state index contributed by atoms with van der Waals surface area (Å²) in [6, 6.07) is -0.0754. The Morgan fingerprint density at radius 1 is 1.35 bits per heavy atom. The summed E-state index contributed by atoms with van der Waals surface area (Å²) in [6.07, 6.45) is 3.76. The predicted molar refractivity (Wildman–Crippen MR) is 81.4 cm³/mol. The average Bonchev–Trinajstić information content (AvgIpc) is 2.82. The smallest absolute Gasteiger partial charge is 0.246 e. The van der Waals surface area contributed by atoms with E-state index in [2.05, 4.69) is 5.10 Å². The van der Waals surface area contributed by atoms with Crippen LogP contribution >= 0.6 is 11.6 Å². The first-order chi connectivity index (χ1) is 9.28. The number of aryl methyl sites for hydroxylation is 1. The van der Waals surface area contributed by atoms with Gasteiger partial charge in [-0.2, -0.15) is 9.40 Å². The minimum absolute atomic E-state index is 0.0754. The minimum atomic E-state index is -3.48. The topological polar surface area (TPSA) is 55.2 Å². The number of nitrogens with zero attached hydrogens (tertiary/aromatic N) is 3. The Bertz CT molecular complexity index is 511. The number of aromatic nitrogens is 2. The van der Waals surface area contributed by atoms with Gasteiger partial charge in [-0.05, 0) is 26.2 Å². The van der Waals surface area contributed by atoms with Crippen LogP contribution in [0.5, 0.6) is 0 Å². The lowest BCUT2D eigenvalue weighted by Gasteiger charge is -2.26. The Labute approximate surface area is 127 Å². The summed E-state index contributed by atoms with van der Waals surface area (Å²) in [7, 11) is -3.48. The van der Waals surface area contributed by atoms with Gasteiger partial charge in [-0.25, -0.2) is 8.42 Å². The molecule has 0 amide bonds. The van der Waals surface area contributed by atoms with E-state index in [4.69, 9.17) is 11.6 Å². The van der Waals surface area contributed by atoms with Crippen molar-refractivity contribution in [2.45, 2.75) is 51.6 Å². The van der Waals surface area contributed by atoms with E-state index in [0.29, 0.717) is 19.0 Å². The van der Waals surface area contributed by atoms with Gasteiger partial charge in [-0.3, -0.25) is 4.68 Å². The molecule has 1 rings (SSSR count). The van der Waals surface area contributed by atoms with Crippen molar-refractivity contribution in [3.8, 4) is 0 Å². The monoisotopic (exact) mass is 321 g/mol. The fourth-order valence-electron chi connectivity index (χ4n) is 1.90. The second-order valence-corrected chi connectivity index (χ2v) is 7.81. The Kier molecular flexibility index (Phi) is 6.48. The molecule has 1 aromatic heterocycles. The van der Waals surface area contributed by atoms with Crippen molar-refractivity contribution in [1.29, 1.82) is 0 Å². The van der Waals surface area contributed by atoms with Gasteiger partial charge >= 0.3 is 0 Å². The van der Waals surface area contributed by atoms with Gasteiger partial charge in [0, 0.05) is 31.2 Å². The van der Waals surface area contributed by atoms with Gasteiger partial charge in [-0.1, -0.05) is 13.8 Å². The Hall–Kier alpha value is -0.590. The molecule has 7 heteroatoms. The molecule has 1 aromatic rings. The van der Waals surface area contributed by atoms with E-state index in [1.165, 1.54) is 10.5 Å². The normalized spacial score (nSPS) is 12.8. The van der Waals surface area contributed by atoms with E-state index in [1.54, 1.807) is 10.9 Å². The first kappa shape index (κ1) is 17.5.